The first-order valence-electron chi connectivity index (χ1n) is 9.15. The summed E-state index contributed by atoms with van der Waals surface area (Å²) < 4.78 is 14.4. The van der Waals surface area contributed by atoms with Crippen LogP contribution in [-0.2, 0) is 4.79 Å². The van der Waals surface area contributed by atoms with Crippen LogP contribution in [0.25, 0.3) is 5.65 Å². The molecule has 0 aliphatic carbocycles. The Bertz CT molecular complexity index is 1040. The second-order valence-corrected chi connectivity index (χ2v) is 6.76. The summed E-state index contributed by atoms with van der Waals surface area (Å²) in [7, 11) is 0. The zero-order valence-electron chi connectivity index (χ0n) is 15.5. The summed E-state index contributed by atoms with van der Waals surface area (Å²) in [5.74, 6) is -0.261. The van der Waals surface area contributed by atoms with Gasteiger partial charge in [0.15, 0.2) is 0 Å². The summed E-state index contributed by atoms with van der Waals surface area (Å²) in [6.07, 6.45) is 1.63. The van der Waals surface area contributed by atoms with Crippen molar-refractivity contribution in [3.8, 4) is 0 Å². The van der Waals surface area contributed by atoms with Gasteiger partial charge in [0, 0.05) is 37.9 Å². The van der Waals surface area contributed by atoms with Gasteiger partial charge in [-0.2, -0.15) is 9.38 Å². The van der Waals surface area contributed by atoms with Crippen LogP contribution in [0, 0.1) is 15.9 Å². The van der Waals surface area contributed by atoms with E-state index in [1.165, 1.54) is 28.7 Å². The molecule has 1 aliphatic heterocycles. The highest BCUT2D eigenvalue weighted by molar-refractivity contribution is 5.92. The first kappa shape index (κ1) is 18.8. The van der Waals surface area contributed by atoms with Gasteiger partial charge in [0.1, 0.15) is 5.82 Å². The zero-order valence-corrected chi connectivity index (χ0v) is 15.5. The lowest BCUT2D eigenvalue weighted by atomic mass is 10.3. The van der Waals surface area contributed by atoms with Gasteiger partial charge in [-0.05, 0) is 35.3 Å². The van der Waals surface area contributed by atoms with E-state index in [0.29, 0.717) is 43.3 Å². The Hall–Kier alpha value is -3.53. The summed E-state index contributed by atoms with van der Waals surface area (Å²) in [6.45, 7) is 2.38. The third-order valence-corrected chi connectivity index (χ3v) is 4.83. The number of piperazine rings is 1. The van der Waals surface area contributed by atoms with Crippen molar-refractivity contribution in [3.63, 3.8) is 0 Å². The third kappa shape index (κ3) is 4.02. The number of fused-ring (bicyclic) bond motifs is 1. The average Bonchev–Trinajstić information content (AvgIpc) is 3.10. The molecule has 0 spiro atoms. The molecule has 3 heterocycles. The van der Waals surface area contributed by atoms with Crippen LogP contribution in [0.5, 0.6) is 0 Å². The lowest BCUT2D eigenvalue weighted by molar-refractivity contribution is -0.389. The van der Waals surface area contributed by atoms with Gasteiger partial charge in [-0.25, -0.2) is 4.39 Å². The molecule has 1 N–H and O–H groups in total. The van der Waals surface area contributed by atoms with Crippen molar-refractivity contribution in [3.05, 3.63) is 64.6 Å². The molecule has 10 heteroatoms. The van der Waals surface area contributed by atoms with Crippen molar-refractivity contribution < 1.29 is 14.1 Å². The van der Waals surface area contributed by atoms with Crippen molar-refractivity contribution in [2.24, 2.45) is 0 Å². The van der Waals surface area contributed by atoms with Crippen LogP contribution in [0.4, 0.5) is 21.7 Å². The first-order valence-corrected chi connectivity index (χ1v) is 9.15. The number of carbonyl (C=O) groups excluding carboxylic acids is 1. The number of rotatable bonds is 5. The number of benzene rings is 1. The highest BCUT2D eigenvalue weighted by Crippen LogP contribution is 2.29. The summed E-state index contributed by atoms with van der Waals surface area (Å²) in [4.78, 5) is 31.6. The molecule has 1 aliphatic rings. The molecule has 1 saturated heterocycles. The van der Waals surface area contributed by atoms with Gasteiger partial charge < -0.3 is 20.3 Å². The number of aromatic nitrogens is 2. The van der Waals surface area contributed by atoms with Crippen molar-refractivity contribution in [2.45, 2.75) is 0 Å². The highest BCUT2D eigenvalue weighted by Gasteiger charge is 2.29. The molecule has 1 fully saturated rings. The highest BCUT2D eigenvalue weighted by atomic mass is 19.1. The van der Waals surface area contributed by atoms with Crippen molar-refractivity contribution >= 4 is 28.9 Å². The fourth-order valence-electron chi connectivity index (χ4n) is 3.41. The predicted octanol–water partition coefficient (Wildman–Crippen LogP) is 2.14. The topological polar surface area (TPSA) is 96.0 Å². The quantitative estimate of drug-likeness (QED) is 0.523. The van der Waals surface area contributed by atoms with Crippen LogP contribution in [0.3, 0.4) is 0 Å². The normalized spacial score (nSPS) is 14.9. The van der Waals surface area contributed by atoms with Crippen molar-refractivity contribution in [1.82, 2.24) is 14.3 Å². The van der Waals surface area contributed by atoms with Gasteiger partial charge in [-0.15, -0.1) is 0 Å². The smallest absolute Gasteiger partial charge is 0.358 e. The lowest BCUT2D eigenvalue weighted by Gasteiger charge is -2.34. The summed E-state index contributed by atoms with van der Waals surface area (Å²) in [6, 6.07) is 10.8. The Morgan fingerprint density at radius 3 is 2.55 bits per heavy atom. The minimum atomic E-state index is -0.419. The lowest BCUT2D eigenvalue weighted by Crippen LogP contribution is -2.49. The second kappa shape index (κ2) is 7.84. The zero-order chi connectivity index (χ0) is 20.4. The van der Waals surface area contributed by atoms with E-state index in [1.54, 1.807) is 24.4 Å². The fourth-order valence-corrected chi connectivity index (χ4v) is 3.41. The Balaban J connectivity index is 1.39. The maximum Gasteiger partial charge on any atom is 0.372 e. The molecule has 0 saturated carbocycles. The predicted molar refractivity (Wildman–Crippen MR) is 106 cm³/mol. The van der Waals surface area contributed by atoms with Crippen LogP contribution in [-0.4, -0.2) is 57.8 Å². The summed E-state index contributed by atoms with van der Waals surface area (Å²) in [5.41, 5.74) is 1.06. The fraction of sp³-hybridized carbons (Fsp3) is 0.263. The number of hydrogen-bond donors (Lipinski definition) is 1. The Labute approximate surface area is 165 Å². The summed E-state index contributed by atoms with van der Waals surface area (Å²) >= 11 is 0. The molecule has 29 heavy (non-hydrogen) atoms. The number of pyridine rings is 1. The maximum absolute atomic E-state index is 12.9. The number of halogens is 1. The van der Waals surface area contributed by atoms with E-state index < -0.39 is 4.92 Å². The van der Waals surface area contributed by atoms with Gasteiger partial charge >= 0.3 is 5.82 Å². The molecule has 0 atom stereocenters. The van der Waals surface area contributed by atoms with E-state index >= 15 is 0 Å². The minimum Gasteiger partial charge on any atom is -0.358 e. The van der Waals surface area contributed by atoms with Crippen LogP contribution >= 0.6 is 0 Å². The van der Waals surface area contributed by atoms with Gasteiger partial charge in [0.05, 0.1) is 12.7 Å². The van der Waals surface area contributed by atoms with Crippen LogP contribution in [0.1, 0.15) is 0 Å². The number of anilines is 2. The number of nitro groups is 1. The number of hydrogen-bond acceptors (Lipinski definition) is 6. The van der Waals surface area contributed by atoms with E-state index in [0.717, 1.165) is 0 Å². The molecule has 150 valence electrons. The molecule has 0 unspecified atom stereocenters. The monoisotopic (exact) mass is 398 g/mol. The molecule has 0 radical (unpaired) electrons. The number of carbonyl (C=O) groups is 1. The molecular weight excluding hydrogens is 379 g/mol. The standard InChI is InChI=1S/C19H19FN6O3/c20-14-4-6-15(7-5-14)21-17(27)13-23-9-11-24(12-10-23)18-19(26(28)29)25-8-2-1-3-16(25)22-18/h1-8H,9-13H2,(H,21,27). The number of nitrogens with zero attached hydrogens (tertiary/aromatic N) is 5. The van der Waals surface area contributed by atoms with Gasteiger partial charge in [-0.1, -0.05) is 6.07 Å². The first-order chi connectivity index (χ1) is 14.0. The van der Waals surface area contributed by atoms with Crippen molar-refractivity contribution in [2.75, 3.05) is 42.9 Å². The molecule has 1 amide bonds. The molecular formula is C19H19FN6O3. The SMILES string of the molecule is O=C(CN1CCN(c2nc3ccccn3c2[N+](=O)[O-])CC1)Nc1ccc(F)cc1. The van der Waals surface area contributed by atoms with E-state index in [4.69, 9.17) is 0 Å². The molecule has 4 rings (SSSR count). The van der Waals surface area contributed by atoms with Crippen LogP contribution in [0.2, 0.25) is 0 Å². The molecule has 9 nitrogen and oxygen atoms in total. The minimum absolute atomic E-state index is 0.0527. The average molecular weight is 398 g/mol. The van der Waals surface area contributed by atoms with E-state index in [9.17, 15) is 19.3 Å². The van der Waals surface area contributed by atoms with Gasteiger partial charge in [0.25, 0.3) is 0 Å². The third-order valence-electron chi connectivity index (χ3n) is 4.83. The number of imidazole rings is 1. The van der Waals surface area contributed by atoms with Gasteiger partial charge in [0.2, 0.25) is 17.4 Å². The summed E-state index contributed by atoms with van der Waals surface area (Å²) in [5, 5.41) is 14.3. The van der Waals surface area contributed by atoms with E-state index in [1.807, 2.05) is 9.80 Å². The molecule has 3 aromatic rings. The van der Waals surface area contributed by atoms with Crippen LogP contribution in [0.15, 0.2) is 48.7 Å². The largest absolute Gasteiger partial charge is 0.372 e. The molecule has 2 aromatic heterocycles. The molecule has 0 bridgehead atoms. The Kier molecular flexibility index (Phi) is 5.09. The van der Waals surface area contributed by atoms with E-state index in [2.05, 4.69) is 10.3 Å². The second-order valence-electron chi connectivity index (χ2n) is 6.76. The molecule has 1 aromatic carbocycles. The van der Waals surface area contributed by atoms with Crippen molar-refractivity contribution in [1.29, 1.82) is 0 Å². The van der Waals surface area contributed by atoms with E-state index in [-0.39, 0.29) is 24.1 Å². The number of nitrogens with one attached hydrogen (secondary N) is 1. The van der Waals surface area contributed by atoms with Gasteiger partial charge in [-0.3, -0.25) is 9.69 Å². The van der Waals surface area contributed by atoms with Crippen LogP contribution < -0.4 is 10.2 Å². The Morgan fingerprint density at radius 2 is 1.86 bits per heavy atom. The Morgan fingerprint density at radius 1 is 1.14 bits per heavy atom. The maximum atomic E-state index is 12.9. The number of amides is 1.